The Labute approximate surface area is 76.7 Å². The van der Waals surface area contributed by atoms with E-state index in [1.54, 1.807) is 0 Å². The molecule has 0 radical (unpaired) electrons. The Morgan fingerprint density at radius 1 is 1.36 bits per heavy atom. The predicted molar refractivity (Wildman–Crippen MR) is 46.2 cm³/mol. The third-order valence-corrected chi connectivity index (χ3v) is 2.55. The van der Waals surface area contributed by atoms with Crippen LogP contribution in [0.1, 0.15) is 0 Å². The van der Waals surface area contributed by atoms with Crippen LogP contribution in [0.25, 0.3) is 0 Å². The standard InChI is InChI=1S/C6H3ClF2S2/c7-5-3(8)1-2-4(11-10)6(5)9/h1-2,10H. The summed E-state index contributed by atoms with van der Waals surface area (Å²) in [5, 5.41) is -0.482. The Hall–Kier alpha value is 0.0700. The van der Waals surface area contributed by atoms with E-state index in [9.17, 15) is 8.78 Å². The molecule has 0 heterocycles. The molecule has 0 fully saturated rings. The largest absolute Gasteiger partial charge is 0.205 e. The zero-order valence-corrected chi connectivity index (χ0v) is 7.61. The summed E-state index contributed by atoms with van der Waals surface area (Å²) in [5.41, 5.74) is 0. The summed E-state index contributed by atoms with van der Waals surface area (Å²) in [6.07, 6.45) is 0. The Balaban J connectivity index is 3.25. The molecule has 0 amide bonds. The molecule has 60 valence electrons. The highest BCUT2D eigenvalue weighted by molar-refractivity contribution is 8.68. The van der Waals surface area contributed by atoms with E-state index >= 15 is 0 Å². The Bertz CT molecular complexity index is 278. The topological polar surface area (TPSA) is 0 Å². The maximum atomic E-state index is 12.8. The second-order valence-electron chi connectivity index (χ2n) is 1.76. The van der Waals surface area contributed by atoms with Crippen LogP contribution >= 0.6 is 34.1 Å². The first kappa shape index (κ1) is 9.16. The number of halogens is 3. The van der Waals surface area contributed by atoms with E-state index in [4.69, 9.17) is 11.6 Å². The van der Waals surface area contributed by atoms with Gasteiger partial charge < -0.3 is 0 Å². The van der Waals surface area contributed by atoms with Crippen molar-refractivity contribution in [3.63, 3.8) is 0 Å². The van der Waals surface area contributed by atoms with E-state index in [1.807, 2.05) is 0 Å². The lowest BCUT2D eigenvalue weighted by Gasteiger charge is -1.99. The van der Waals surface area contributed by atoms with Gasteiger partial charge in [-0.3, -0.25) is 0 Å². The first-order valence-corrected chi connectivity index (χ1v) is 4.86. The molecule has 11 heavy (non-hydrogen) atoms. The highest BCUT2D eigenvalue weighted by atomic mass is 35.5. The van der Waals surface area contributed by atoms with Crippen LogP contribution in [-0.2, 0) is 0 Å². The van der Waals surface area contributed by atoms with Gasteiger partial charge in [0.2, 0.25) is 0 Å². The van der Waals surface area contributed by atoms with Crippen LogP contribution in [0.4, 0.5) is 8.78 Å². The lowest BCUT2D eigenvalue weighted by molar-refractivity contribution is 0.567. The molecule has 0 atom stereocenters. The SMILES string of the molecule is Fc1ccc(SS)c(F)c1Cl. The zero-order chi connectivity index (χ0) is 8.43. The molecule has 0 aliphatic carbocycles. The maximum Gasteiger partial charge on any atom is 0.159 e. The molecule has 0 aromatic heterocycles. The minimum Gasteiger partial charge on any atom is -0.205 e. The number of benzene rings is 1. The summed E-state index contributed by atoms with van der Waals surface area (Å²) in [6, 6.07) is 2.39. The molecule has 0 spiro atoms. The van der Waals surface area contributed by atoms with Crippen molar-refractivity contribution in [1.29, 1.82) is 0 Å². The molecule has 5 heteroatoms. The van der Waals surface area contributed by atoms with Gasteiger partial charge in [0.1, 0.15) is 10.8 Å². The van der Waals surface area contributed by atoms with Gasteiger partial charge in [-0.05, 0) is 12.1 Å². The maximum absolute atomic E-state index is 12.8. The van der Waals surface area contributed by atoms with Crippen molar-refractivity contribution >= 4 is 34.1 Å². The Morgan fingerprint density at radius 2 is 2.00 bits per heavy atom. The number of rotatable bonds is 1. The second-order valence-corrected chi connectivity index (χ2v) is 3.31. The van der Waals surface area contributed by atoms with Crippen molar-refractivity contribution in [3.8, 4) is 0 Å². The first-order valence-electron chi connectivity index (χ1n) is 2.61. The average Bonchev–Trinajstić information content (AvgIpc) is 2.01. The van der Waals surface area contributed by atoms with Crippen LogP contribution in [0.5, 0.6) is 0 Å². The normalized spacial score (nSPS) is 10.2. The van der Waals surface area contributed by atoms with Crippen LogP contribution in [0.2, 0.25) is 5.02 Å². The fourth-order valence-electron chi connectivity index (χ4n) is 0.579. The third-order valence-electron chi connectivity index (χ3n) is 1.10. The van der Waals surface area contributed by atoms with Gasteiger partial charge in [-0.25, -0.2) is 8.78 Å². The number of hydrogen-bond acceptors (Lipinski definition) is 2. The Morgan fingerprint density at radius 3 is 2.55 bits per heavy atom. The van der Waals surface area contributed by atoms with Gasteiger partial charge in [-0.1, -0.05) is 22.4 Å². The first-order chi connectivity index (χ1) is 5.16. The third kappa shape index (κ3) is 1.80. The van der Waals surface area contributed by atoms with Gasteiger partial charge in [0.05, 0.1) is 4.90 Å². The van der Waals surface area contributed by atoms with E-state index in [0.717, 1.165) is 16.9 Å². The molecule has 0 aliphatic rings. The molecule has 0 nitrogen and oxygen atoms in total. The van der Waals surface area contributed by atoms with E-state index in [-0.39, 0.29) is 4.90 Å². The summed E-state index contributed by atoms with van der Waals surface area (Å²) < 4.78 is 25.3. The van der Waals surface area contributed by atoms with Crippen LogP contribution in [-0.4, -0.2) is 0 Å². The molecule has 0 aliphatic heterocycles. The molecule has 0 saturated heterocycles. The molecular weight excluding hydrogens is 210 g/mol. The lowest BCUT2D eigenvalue weighted by atomic mass is 10.3. The summed E-state index contributed by atoms with van der Waals surface area (Å²) in [4.78, 5) is 0.222. The van der Waals surface area contributed by atoms with Crippen LogP contribution in [0, 0.1) is 11.6 Å². The van der Waals surface area contributed by atoms with Crippen LogP contribution < -0.4 is 0 Å². The van der Waals surface area contributed by atoms with Crippen molar-refractivity contribution in [2.75, 3.05) is 0 Å². The summed E-state index contributed by atoms with van der Waals surface area (Å²) >= 11 is 9.02. The van der Waals surface area contributed by atoms with Gasteiger partial charge in [0.25, 0.3) is 0 Å². The van der Waals surface area contributed by atoms with Gasteiger partial charge in [0, 0.05) is 0 Å². The van der Waals surface area contributed by atoms with Crippen molar-refractivity contribution in [2.24, 2.45) is 0 Å². The fourth-order valence-corrected chi connectivity index (χ4v) is 1.53. The van der Waals surface area contributed by atoms with Gasteiger partial charge in [-0.15, -0.1) is 11.7 Å². The number of hydrogen-bond donors (Lipinski definition) is 1. The summed E-state index contributed by atoms with van der Waals surface area (Å²) in [6.45, 7) is 0. The molecule has 1 aromatic rings. The van der Waals surface area contributed by atoms with Gasteiger partial charge in [-0.2, -0.15) is 0 Å². The average molecular weight is 213 g/mol. The van der Waals surface area contributed by atoms with Crippen molar-refractivity contribution < 1.29 is 8.78 Å². The highest BCUT2D eigenvalue weighted by Gasteiger charge is 2.10. The molecule has 1 rings (SSSR count). The van der Waals surface area contributed by atoms with Gasteiger partial charge >= 0.3 is 0 Å². The molecule has 0 unspecified atom stereocenters. The van der Waals surface area contributed by atoms with E-state index < -0.39 is 16.7 Å². The van der Waals surface area contributed by atoms with Crippen molar-refractivity contribution in [2.45, 2.75) is 4.90 Å². The molecule has 0 N–H and O–H groups in total. The summed E-state index contributed by atoms with van der Waals surface area (Å²) in [5.74, 6) is -1.51. The smallest absolute Gasteiger partial charge is 0.159 e. The van der Waals surface area contributed by atoms with E-state index in [0.29, 0.717) is 0 Å². The monoisotopic (exact) mass is 212 g/mol. The highest BCUT2D eigenvalue weighted by Crippen LogP contribution is 2.30. The fraction of sp³-hybridized carbons (Fsp3) is 0. The predicted octanol–water partition coefficient (Wildman–Crippen LogP) is 3.56. The zero-order valence-electron chi connectivity index (χ0n) is 5.14. The van der Waals surface area contributed by atoms with Gasteiger partial charge in [0.15, 0.2) is 5.82 Å². The van der Waals surface area contributed by atoms with E-state index in [1.165, 1.54) is 6.07 Å². The Kier molecular flexibility index (Phi) is 3.04. The van der Waals surface area contributed by atoms with E-state index in [2.05, 4.69) is 11.7 Å². The second kappa shape index (κ2) is 3.65. The van der Waals surface area contributed by atoms with Crippen molar-refractivity contribution in [1.82, 2.24) is 0 Å². The van der Waals surface area contributed by atoms with Crippen molar-refractivity contribution in [3.05, 3.63) is 28.8 Å². The van der Waals surface area contributed by atoms with Crippen LogP contribution in [0.3, 0.4) is 0 Å². The quantitative estimate of drug-likeness (QED) is 0.422. The lowest BCUT2D eigenvalue weighted by Crippen LogP contribution is -1.84. The minimum atomic E-state index is -0.758. The molecule has 0 bridgehead atoms. The number of thiol groups is 1. The minimum absolute atomic E-state index is 0.222. The van der Waals surface area contributed by atoms with Crippen LogP contribution in [0.15, 0.2) is 17.0 Å². The molecular formula is C6H3ClF2S2. The summed E-state index contributed by atoms with van der Waals surface area (Å²) in [7, 11) is 0.887. The molecule has 0 saturated carbocycles. The molecule has 1 aromatic carbocycles.